The molecule has 5 heteroatoms. The van der Waals surface area contributed by atoms with Crippen LogP contribution < -0.4 is 5.32 Å². The molecule has 0 radical (unpaired) electrons. The molecular weight excluding hydrogens is 244 g/mol. The van der Waals surface area contributed by atoms with E-state index in [1.165, 1.54) is 11.1 Å². The summed E-state index contributed by atoms with van der Waals surface area (Å²) in [7, 11) is 4.24. The molecule has 0 saturated carbocycles. The zero-order valence-corrected chi connectivity index (χ0v) is 11.9. The number of aromatic amines is 1. The molecule has 2 aromatic heterocycles. The van der Waals surface area contributed by atoms with E-state index in [0.29, 0.717) is 6.04 Å². The smallest absolute Gasteiger partial charge is 0.0535 e. The Morgan fingerprint density at radius 1 is 1.50 bits per heavy atom. The third-order valence-electron chi connectivity index (χ3n) is 3.14. The van der Waals surface area contributed by atoms with Gasteiger partial charge in [0.2, 0.25) is 0 Å². The van der Waals surface area contributed by atoms with Crippen molar-refractivity contribution in [3.8, 4) is 0 Å². The molecular formula is C13H20N4S. The minimum absolute atomic E-state index is 0.420. The number of hydrogen-bond acceptors (Lipinski definition) is 4. The van der Waals surface area contributed by atoms with Gasteiger partial charge in [-0.15, -0.1) is 0 Å². The molecule has 2 aromatic rings. The van der Waals surface area contributed by atoms with E-state index in [0.717, 1.165) is 18.8 Å². The van der Waals surface area contributed by atoms with Gasteiger partial charge >= 0.3 is 0 Å². The molecule has 0 aromatic carbocycles. The first kappa shape index (κ1) is 13.3. The zero-order valence-electron chi connectivity index (χ0n) is 11.1. The number of nitrogens with one attached hydrogen (secondary N) is 2. The maximum absolute atomic E-state index is 4.03. The Morgan fingerprint density at radius 2 is 2.33 bits per heavy atom. The number of aromatic nitrogens is 2. The SMILES string of the molecule is Cc1[nH]ncc1CNCC(c1ccsc1)N(C)C. The van der Waals surface area contributed by atoms with Gasteiger partial charge in [-0.25, -0.2) is 0 Å². The molecule has 0 aliphatic carbocycles. The summed E-state index contributed by atoms with van der Waals surface area (Å²) in [6, 6.07) is 2.61. The number of rotatable bonds is 6. The molecule has 0 saturated heterocycles. The molecule has 2 rings (SSSR count). The number of hydrogen-bond donors (Lipinski definition) is 2. The third kappa shape index (κ3) is 3.19. The first-order chi connectivity index (χ1) is 8.68. The van der Waals surface area contributed by atoms with Gasteiger partial charge < -0.3 is 10.2 Å². The molecule has 0 amide bonds. The van der Waals surface area contributed by atoms with E-state index >= 15 is 0 Å². The summed E-state index contributed by atoms with van der Waals surface area (Å²) >= 11 is 1.75. The largest absolute Gasteiger partial charge is 0.311 e. The quantitative estimate of drug-likeness (QED) is 0.840. The summed E-state index contributed by atoms with van der Waals surface area (Å²) in [5.41, 5.74) is 3.75. The predicted octanol–water partition coefficient (Wildman–Crippen LogP) is 2.17. The van der Waals surface area contributed by atoms with Crippen LogP contribution in [0.25, 0.3) is 0 Å². The highest BCUT2D eigenvalue weighted by Gasteiger charge is 2.14. The Labute approximate surface area is 112 Å². The van der Waals surface area contributed by atoms with Crippen LogP contribution in [0.2, 0.25) is 0 Å². The number of nitrogens with zero attached hydrogens (tertiary/aromatic N) is 2. The van der Waals surface area contributed by atoms with E-state index in [4.69, 9.17) is 0 Å². The summed E-state index contributed by atoms with van der Waals surface area (Å²) < 4.78 is 0. The van der Waals surface area contributed by atoms with E-state index in [1.807, 2.05) is 13.1 Å². The second-order valence-electron chi connectivity index (χ2n) is 4.69. The lowest BCUT2D eigenvalue weighted by Gasteiger charge is -2.24. The highest BCUT2D eigenvalue weighted by Crippen LogP contribution is 2.20. The molecule has 0 fully saturated rings. The first-order valence-corrected chi connectivity index (χ1v) is 7.01. The van der Waals surface area contributed by atoms with E-state index < -0.39 is 0 Å². The Hall–Kier alpha value is -1.17. The molecule has 0 bridgehead atoms. The molecule has 2 heterocycles. The van der Waals surface area contributed by atoms with Gasteiger partial charge in [-0.05, 0) is 43.4 Å². The molecule has 1 atom stereocenters. The maximum atomic E-state index is 4.03. The maximum Gasteiger partial charge on any atom is 0.0535 e. The van der Waals surface area contributed by atoms with E-state index in [9.17, 15) is 0 Å². The van der Waals surface area contributed by atoms with Crippen molar-refractivity contribution in [3.63, 3.8) is 0 Å². The fourth-order valence-corrected chi connectivity index (χ4v) is 2.67. The van der Waals surface area contributed by atoms with Crippen LogP contribution in [0.4, 0.5) is 0 Å². The van der Waals surface area contributed by atoms with Crippen LogP contribution >= 0.6 is 11.3 Å². The number of H-pyrrole nitrogens is 1. The first-order valence-electron chi connectivity index (χ1n) is 6.06. The highest BCUT2D eigenvalue weighted by molar-refractivity contribution is 7.07. The summed E-state index contributed by atoms with van der Waals surface area (Å²) in [6.07, 6.45) is 1.89. The Kier molecular flexibility index (Phi) is 4.52. The van der Waals surface area contributed by atoms with Crippen LogP contribution in [-0.4, -0.2) is 35.7 Å². The predicted molar refractivity (Wildman–Crippen MR) is 75.8 cm³/mol. The fourth-order valence-electron chi connectivity index (χ4n) is 1.96. The number of aryl methyl sites for hydroxylation is 1. The van der Waals surface area contributed by atoms with Gasteiger partial charge in [0, 0.05) is 30.4 Å². The van der Waals surface area contributed by atoms with Crippen LogP contribution in [0.5, 0.6) is 0 Å². The van der Waals surface area contributed by atoms with Crippen LogP contribution in [0.15, 0.2) is 23.0 Å². The third-order valence-corrected chi connectivity index (χ3v) is 3.84. The van der Waals surface area contributed by atoms with Crippen LogP contribution in [0.3, 0.4) is 0 Å². The van der Waals surface area contributed by atoms with E-state index in [1.54, 1.807) is 11.3 Å². The van der Waals surface area contributed by atoms with Crippen molar-refractivity contribution in [2.45, 2.75) is 19.5 Å². The van der Waals surface area contributed by atoms with Crippen molar-refractivity contribution in [1.29, 1.82) is 0 Å². The van der Waals surface area contributed by atoms with Gasteiger partial charge in [-0.2, -0.15) is 16.4 Å². The molecule has 4 nitrogen and oxygen atoms in total. The fraction of sp³-hybridized carbons (Fsp3) is 0.462. The standard InChI is InChI=1S/C13H20N4S/c1-10-12(7-15-16-10)6-14-8-13(17(2)3)11-4-5-18-9-11/h4-5,7,9,13-14H,6,8H2,1-3H3,(H,15,16). The summed E-state index contributed by atoms with van der Waals surface area (Å²) in [5.74, 6) is 0. The Morgan fingerprint density at radius 3 is 2.89 bits per heavy atom. The van der Waals surface area contributed by atoms with Crippen molar-refractivity contribution < 1.29 is 0 Å². The van der Waals surface area contributed by atoms with Gasteiger partial charge in [0.25, 0.3) is 0 Å². The van der Waals surface area contributed by atoms with Crippen molar-refractivity contribution in [3.05, 3.63) is 39.8 Å². The second kappa shape index (κ2) is 6.13. The van der Waals surface area contributed by atoms with Crippen molar-refractivity contribution in [2.24, 2.45) is 0 Å². The summed E-state index contributed by atoms with van der Waals surface area (Å²) in [6.45, 7) is 3.84. The van der Waals surface area contributed by atoms with Crippen LogP contribution in [0.1, 0.15) is 22.9 Å². The normalized spacial score (nSPS) is 13.1. The lowest BCUT2D eigenvalue weighted by atomic mass is 10.1. The van der Waals surface area contributed by atoms with E-state index in [2.05, 4.69) is 51.3 Å². The Balaban J connectivity index is 1.89. The average Bonchev–Trinajstić information content (AvgIpc) is 2.96. The Bertz CT molecular complexity index is 461. The van der Waals surface area contributed by atoms with Crippen molar-refractivity contribution >= 4 is 11.3 Å². The molecule has 0 spiro atoms. The van der Waals surface area contributed by atoms with Crippen LogP contribution in [0, 0.1) is 6.92 Å². The molecule has 18 heavy (non-hydrogen) atoms. The van der Waals surface area contributed by atoms with Gasteiger partial charge in [-0.1, -0.05) is 0 Å². The summed E-state index contributed by atoms with van der Waals surface area (Å²) in [5, 5.41) is 14.8. The van der Waals surface area contributed by atoms with Crippen LogP contribution in [-0.2, 0) is 6.54 Å². The topological polar surface area (TPSA) is 44.0 Å². The molecule has 0 aliphatic rings. The molecule has 0 aliphatic heterocycles. The summed E-state index contributed by atoms with van der Waals surface area (Å²) in [4.78, 5) is 2.25. The minimum atomic E-state index is 0.420. The van der Waals surface area contributed by atoms with Gasteiger partial charge in [0.15, 0.2) is 0 Å². The molecule has 98 valence electrons. The van der Waals surface area contributed by atoms with Gasteiger partial charge in [0.1, 0.15) is 0 Å². The van der Waals surface area contributed by atoms with Gasteiger partial charge in [-0.3, -0.25) is 5.10 Å². The molecule has 1 unspecified atom stereocenters. The average molecular weight is 264 g/mol. The lowest BCUT2D eigenvalue weighted by molar-refractivity contribution is 0.289. The number of likely N-dealkylation sites (N-methyl/N-ethyl adjacent to an activating group) is 1. The molecule has 2 N–H and O–H groups in total. The van der Waals surface area contributed by atoms with E-state index in [-0.39, 0.29) is 0 Å². The monoisotopic (exact) mass is 264 g/mol. The highest BCUT2D eigenvalue weighted by atomic mass is 32.1. The van der Waals surface area contributed by atoms with Crippen molar-refractivity contribution in [2.75, 3.05) is 20.6 Å². The lowest BCUT2D eigenvalue weighted by Crippen LogP contribution is -2.30. The zero-order chi connectivity index (χ0) is 13.0. The minimum Gasteiger partial charge on any atom is -0.311 e. The number of thiophene rings is 1. The second-order valence-corrected chi connectivity index (χ2v) is 5.47. The van der Waals surface area contributed by atoms with Gasteiger partial charge in [0.05, 0.1) is 6.20 Å². The van der Waals surface area contributed by atoms with Crippen molar-refractivity contribution in [1.82, 2.24) is 20.4 Å².